The molecule has 2 rings (SSSR count). The Labute approximate surface area is 125 Å². The summed E-state index contributed by atoms with van der Waals surface area (Å²) in [5, 5.41) is 20.5. The monoisotopic (exact) mass is 315 g/mol. The molecule has 0 saturated carbocycles. The Hall–Kier alpha value is -2.56. The lowest BCUT2D eigenvalue weighted by atomic mass is 10.0. The van der Waals surface area contributed by atoms with Crippen molar-refractivity contribution in [2.45, 2.75) is 31.3 Å². The summed E-state index contributed by atoms with van der Waals surface area (Å²) in [4.78, 5) is 46.6. The Balaban J connectivity index is 1.77. The number of hydrazine groups is 1. The molecule has 2 saturated heterocycles. The first-order valence-electron chi connectivity index (χ1n) is 6.74. The highest BCUT2D eigenvalue weighted by Crippen LogP contribution is 2.28. The van der Waals surface area contributed by atoms with Gasteiger partial charge in [0, 0.05) is 19.5 Å². The van der Waals surface area contributed by atoms with E-state index in [1.54, 1.807) is 0 Å². The van der Waals surface area contributed by atoms with Crippen LogP contribution in [0.2, 0.25) is 0 Å². The molecular weight excluding hydrogens is 298 g/mol. The SMILES string of the molecule is O=C(O)NCCC(=O)NNC(=O)[C@@H]1CC[C@@H]2CN1C(=O)N2O. The summed E-state index contributed by atoms with van der Waals surface area (Å²) in [5.74, 6) is -1.12. The van der Waals surface area contributed by atoms with E-state index in [2.05, 4.69) is 10.9 Å². The second-order valence-electron chi connectivity index (χ2n) is 5.05. The minimum atomic E-state index is -1.24. The van der Waals surface area contributed by atoms with Crippen molar-refractivity contribution in [3.05, 3.63) is 0 Å². The van der Waals surface area contributed by atoms with E-state index in [1.165, 1.54) is 4.90 Å². The maximum atomic E-state index is 12.0. The summed E-state index contributed by atoms with van der Waals surface area (Å²) in [6.07, 6.45) is -0.496. The smallest absolute Gasteiger partial charge is 0.404 e. The summed E-state index contributed by atoms with van der Waals surface area (Å²) in [6.45, 7) is 0.191. The van der Waals surface area contributed by atoms with E-state index in [0.717, 1.165) is 0 Å². The summed E-state index contributed by atoms with van der Waals surface area (Å²) >= 11 is 0. The fourth-order valence-electron chi connectivity index (χ4n) is 2.48. The molecule has 11 heteroatoms. The molecule has 0 aliphatic carbocycles. The Bertz CT molecular complexity index is 497. The number of piperidine rings is 1. The van der Waals surface area contributed by atoms with Crippen LogP contribution in [-0.2, 0) is 9.59 Å². The van der Waals surface area contributed by atoms with E-state index in [4.69, 9.17) is 5.11 Å². The van der Waals surface area contributed by atoms with Gasteiger partial charge in [0.2, 0.25) is 5.91 Å². The van der Waals surface area contributed by atoms with Crippen LogP contribution >= 0.6 is 0 Å². The molecule has 5 amide bonds. The maximum absolute atomic E-state index is 12.0. The van der Waals surface area contributed by atoms with Crippen LogP contribution in [0, 0.1) is 0 Å². The second-order valence-corrected chi connectivity index (χ2v) is 5.05. The number of fused-ring (bicyclic) bond motifs is 2. The third-order valence-electron chi connectivity index (χ3n) is 3.60. The number of carbonyl (C=O) groups is 4. The molecule has 0 aromatic rings. The van der Waals surface area contributed by atoms with Gasteiger partial charge in [-0.15, -0.1) is 0 Å². The van der Waals surface area contributed by atoms with Crippen molar-refractivity contribution in [2.24, 2.45) is 0 Å². The highest BCUT2D eigenvalue weighted by Gasteiger charge is 2.46. The zero-order chi connectivity index (χ0) is 16.3. The first kappa shape index (κ1) is 15.8. The van der Waals surface area contributed by atoms with Crippen molar-refractivity contribution < 1.29 is 29.5 Å². The van der Waals surface area contributed by atoms with Crippen LogP contribution in [0.15, 0.2) is 0 Å². The third kappa shape index (κ3) is 3.36. The van der Waals surface area contributed by atoms with Crippen molar-refractivity contribution in [2.75, 3.05) is 13.1 Å². The molecular formula is C11H17N5O6. The van der Waals surface area contributed by atoms with Gasteiger partial charge >= 0.3 is 12.1 Å². The van der Waals surface area contributed by atoms with Crippen molar-refractivity contribution in [1.82, 2.24) is 26.1 Å². The van der Waals surface area contributed by atoms with Crippen LogP contribution in [0.1, 0.15) is 19.3 Å². The van der Waals surface area contributed by atoms with Gasteiger partial charge in [-0.05, 0) is 12.8 Å². The summed E-state index contributed by atoms with van der Waals surface area (Å²) < 4.78 is 0. The molecule has 0 spiro atoms. The molecule has 0 aromatic carbocycles. The van der Waals surface area contributed by atoms with Crippen LogP contribution < -0.4 is 16.2 Å². The first-order chi connectivity index (χ1) is 10.4. The number of hydrogen-bond donors (Lipinski definition) is 5. The predicted octanol–water partition coefficient (Wildman–Crippen LogP) is -1.55. The van der Waals surface area contributed by atoms with E-state index in [-0.39, 0.29) is 25.6 Å². The van der Waals surface area contributed by atoms with E-state index < -0.39 is 30.0 Å². The zero-order valence-electron chi connectivity index (χ0n) is 11.6. The quantitative estimate of drug-likeness (QED) is 0.313. The average Bonchev–Trinajstić information content (AvgIpc) is 2.69. The highest BCUT2D eigenvalue weighted by molar-refractivity contribution is 5.89. The molecule has 2 heterocycles. The zero-order valence-corrected chi connectivity index (χ0v) is 11.6. The molecule has 0 radical (unpaired) electrons. The molecule has 0 aromatic heterocycles. The molecule has 2 aliphatic rings. The molecule has 2 aliphatic heterocycles. The largest absolute Gasteiger partial charge is 0.465 e. The lowest BCUT2D eigenvalue weighted by molar-refractivity contribution is -0.131. The van der Waals surface area contributed by atoms with E-state index in [0.29, 0.717) is 17.9 Å². The maximum Gasteiger partial charge on any atom is 0.404 e. The normalized spacial score (nSPS) is 23.2. The lowest BCUT2D eigenvalue weighted by Gasteiger charge is -2.29. The number of hydrogen-bond acceptors (Lipinski definition) is 5. The minimum absolute atomic E-state index is 0.0772. The fourth-order valence-corrected chi connectivity index (χ4v) is 2.48. The van der Waals surface area contributed by atoms with Crippen LogP contribution in [-0.4, -0.2) is 69.4 Å². The second kappa shape index (κ2) is 6.47. The van der Waals surface area contributed by atoms with E-state index in [1.807, 2.05) is 5.32 Å². The number of carboxylic acid groups (broad SMARTS) is 1. The summed E-state index contributed by atoms with van der Waals surface area (Å²) in [5.41, 5.74) is 4.35. The number of nitrogens with zero attached hydrogens (tertiary/aromatic N) is 2. The van der Waals surface area contributed by atoms with Gasteiger partial charge in [0.05, 0.1) is 6.04 Å². The van der Waals surface area contributed by atoms with Crippen LogP contribution in [0.25, 0.3) is 0 Å². The minimum Gasteiger partial charge on any atom is -0.465 e. The van der Waals surface area contributed by atoms with Crippen LogP contribution in [0.4, 0.5) is 9.59 Å². The average molecular weight is 315 g/mol. The first-order valence-corrected chi connectivity index (χ1v) is 6.74. The van der Waals surface area contributed by atoms with Gasteiger partial charge in [-0.2, -0.15) is 0 Å². The van der Waals surface area contributed by atoms with Crippen molar-refractivity contribution >= 4 is 23.9 Å². The van der Waals surface area contributed by atoms with Gasteiger partial charge in [-0.25, -0.2) is 14.7 Å². The predicted molar refractivity (Wildman–Crippen MR) is 69.5 cm³/mol. The molecule has 0 unspecified atom stereocenters. The lowest BCUT2D eigenvalue weighted by Crippen LogP contribution is -2.54. The molecule has 122 valence electrons. The molecule has 22 heavy (non-hydrogen) atoms. The fraction of sp³-hybridized carbons (Fsp3) is 0.636. The molecule has 2 bridgehead atoms. The van der Waals surface area contributed by atoms with Gasteiger partial charge in [0.1, 0.15) is 6.04 Å². The Morgan fingerprint density at radius 1 is 1.23 bits per heavy atom. The summed E-state index contributed by atoms with van der Waals surface area (Å²) in [6, 6.07) is -1.67. The van der Waals surface area contributed by atoms with Crippen molar-refractivity contribution in [3.63, 3.8) is 0 Å². The number of rotatable bonds is 4. The Morgan fingerprint density at radius 3 is 2.64 bits per heavy atom. The number of carbonyl (C=O) groups excluding carboxylic acids is 3. The standard InChI is InChI=1S/C11H17N5O6/c17-8(3-4-12-10(19)20)13-14-9(18)7-2-1-6-5-15(7)11(21)16(6)22/h6-7,12,22H,1-5H2,(H,13,17)(H,14,18)(H,19,20)/t6-,7+/m1/s1. The van der Waals surface area contributed by atoms with Gasteiger partial charge in [0.15, 0.2) is 0 Å². The Morgan fingerprint density at radius 2 is 1.95 bits per heavy atom. The van der Waals surface area contributed by atoms with Crippen molar-refractivity contribution in [3.8, 4) is 0 Å². The van der Waals surface area contributed by atoms with Gasteiger partial charge in [0.25, 0.3) is 5.91 Å². The molecule has 2 fully saturated rings. The number of nitrogens with one attached hydrogen (secondary N) is 3. The highest BCUT2D eigenvalue weighted by atomic mass is 16.5. The molecule has 2 atom stereocenters. The van der Waals surface area contributed by atoms with E-state index in [9.17, 15) is 24.4 Å². The van der Waals surface area contributed by atoms with Crippen LogP contribution in [0.5, 0.6) is 0 Å². The Kier molecular flexibility index (Phi) is 4.65. The summed E-state index contributed by atoms with van der Waals surface area (Å²) in [7, 11) is 0. The topological polar surface area (TPSA) is 151 Å². The van der Waals surface area contributed by atoms with Crippen molar-refractivity contribution in [1.29, 1.82) is 0 Å². The number of urea groups is 1. The number of hydroxylamine groups is 2. The van der Waals surface area contributed by atoms with Gasteiger partial charge in [-0.3, -0.25) is 25.6 Å². The van der Waals surface area contributed by atoms with Gasteiger partial charge in [-0.1, -0.05) is 0 Å². The molecule has 5 N–H and O–H groups in total. The van der Waals surface area contributed by atoms with Crippen LogP contribution in [0.3, 0.4) is 0 Å². The van der Waals surface area contributed by atoms with E-state index >= 15 is 0 Å². The van der Waals surface area contributed by atoms with Gasteiger partial charge < -0.3 is 15.3 Å². The third-order valence-corrected chi connectivity index (χ3v) is 3.60. The molecule has 11 nitrogen and oxygen atoms in total. The number of amides is 5.